The minimum atomic E-state index is -0.442. The molecule has 7 heteroatoms. The quantitative estimate of drug-likeness (QED) is 0.601. The summed E-state index contributed by atoms with van der Waals surface area (Å²) in [5.74, 6) is -0.705. The van der Waals surface area contributed by atoms with Crippen molar-refractivity contribution >= 4 is 11.9 Å². The Bertz CT molecular complexity index is 1070. The number of benzene rings is 2. The number of nitrogens with zero attached hydrogens (tertiary/aromatic N) is 2. The van der Waals surface area contributed by atoms with Gasteiger partial charge in [0, 0.05) is 29.3 Å². The Morgan fingerprint density at radius 2 is 1.90 bits per heavy atom. The van der Waals surface area contributed by atoms with Crippen molar-refractivity contribution in [1.29, 1.82) is 0 Å². The summed E-state index contributed by atoms with van der Waals surface area (Å²) in [6.45, 7) is 2.16. The first-order valence-electron chi connectivity index (χ1n) is 9.96. The number of hydrogen-bond donors (Lipinski definition) is 1. The van der Waals surface area contributed by atoms with E-state index in [1.807, 2.05) is 0 Å². The molecule has 1 amide bonds. The molecule has 0 atom stereocenters. The Hall–Kier alpha value is -3.48. The van der Waals surface area contributed by atoms with Gasteiger partial charge in [-0.15, -0.1) is 0 Å². The molecule has 0 radical (unpaired) electrons. The van der Waals surface area contributed by atoms with Crippen LogP contribution in [0, 0.1) is 5.82 Å². The third-order valence-electron chi connectivity index (χ3n) is 4.99. The number of hydrogen-bond acceptors (Lipinski definition) is 4. The molecule has 1 saturated carbocycles. The van der Waals surface area contributed by atoms with Crippen molar-refractivity contribution in [2.45, 2.75) is 32.2 Å². The molecule has 4 rings (SSSR count). The molecule has 0 saturated heterocycles. The second-order valence-corrected chi connectivity index (χ2v) is 7.18. The summed E-state index contributed by atoms with van der Waals surface area (Å²) in [7, 11) is 0. The average Bonchev–Trinajstić information content (AvgIpc) is 3.51. The zero-order valence-corrected chi connectivity index (χ0v) is 16.6. The third-order valence-corrected chi connectivity index (χ3v) is 4.99. The van der Waals surface area contributed by atoms with Gasteiger partial charge in [-0.2, -0.15) is 5.10 Å². The highest BCUT2D eigenvalue weighted by molar-refractivity contribution is 5.94. The van der Waals surface area contributed by atoms with E-state index in [0.29, 0.717) is 23.7 Å². The zero-order valence-electron chi connectivity index (χ0n) is 16.6. The molecular formula is C23H22FN3O3. The zero-order chi connectivity index (χ0) is 21.1. The van der Waals surface area contributed by atoms with Gasteiger partial charge in [0.2, 0.25) is 0 Å². The second kappa shape index (κ2) is 8.49. The maximum atomic E-state index is 13.7. The molecule has 0 spiro atoms. The van der Waals surface area contributed by atoms with Gasteiger partial charge in [0.25, 0.3) is 5.91 Å². The highest BCUT2D eigenvalue weighted by Crippen LogP contribution is 2.41. The van der Waals surface area contributed by atoms with Crippen molar-refractivity contribution < 1.29 is 18.7 Å². The number of ether oxygens (including phenoxy) is 1. The van der Waals surface area contributed by atoms with Gasteiger partial charge in [-0.05, 0) is 56.2 Å². The predicted octanol–water partition coefficient (Wildman–Crippen LogP) is 4.00. The van der Waals surface area contributed by atoms with Gasteiger partial charge in [0.05, 0.1) is 12.3 Å². The molecule has 1 N–H and O–H groups in total. The van der Waals surface area contributed by atoms with Crippen molar-refractivity contribution in [2.24, 2.45) is 0 Å². The lowest BCUT2D eigenvalue weighted by atomic mass is 10.1. The van der Waals surface area contributed by atoms with E-state index in [0.717, 1.165) is 24.2 Å². The number of carbonyl (C=O) groups excluding carboxylic acids is 2. The molecule has 154 valence electrons. The number of carbonyl (C=O) groups is 2. The normalized spacial score (nSPS) is 13.1. The Kier molecular flexibility index (Phi) is 5.61. The smallest absolute Gasteiger partial charge is 0.358 e. The van der Waals surface area contributed by atoms with Gasteiger partial charge >= 0.3 is 5.97 Å². The summed E-state index contributed by atoms with van der Waals surface area (Å²) in [5, 5.41) is 7.15. The summed E-state index contributed by atoms with van der Waals surface area (Å²) < 4.78 is 20.5. The fourth-order valence-corrected chi connectivity index (χ4v) is 3.25. The van der Waals surface area contributed by atoms with Crippen LogP contribution in [0.15, 0.2) is 54.6 Å². The van der Waals surface area contributed by atoms with E-state index in [-0.39, 0.29) is 24.0 Å². The molecule has 6 nitrogen and oxygen atoms in total. The number of esters is 1. The molecule has 1 heterocycles. The van der Waals surface area contributed by atoms with Crippen LogP contribution in [0.2, 0.25) is 0 Å². The van der Waals surface area contributed by atoms with Crippen molar-refractivity contribution in [3.8, 4) is 5.69 Å². The lowest BCUT2D eigenvalue weighted by molar-refractivity contribution is 0.0518. The van der Waals surface area contributed by atoms with Crippen molar-refractivity contribution in [3.63, 3.8) is 0 Å². The molecule has 0 bridgehead atoms. The topological polar surface area (TPSA) is 73.2 Å². The molecular weight excluding hydrogens is 385 g/mol. The number of halogens is 1. The lowest BCUT2D eigenvalue weighted by Crippen LogP contribution is -2.23. The standard InChI is InChI=1S/C23H22FN3O3/c1-2-30-23(29)20-13-21(15-7-8-15)27(26-20)18-11-9-16(10-12-18)22(28)25-14-17-5-3-4-6-19(17)24/h3-6,9-13,15H,2,7-8,14H2,1H3,(H,25,28). The van der Waals surface area contributed by atoms with Crippen LogP contribution in [0.1, 0.15) is 57.8 Å². The summed E-state index contributed by atoms with van der Waals surface area (Å²) in [5.41, 5.74) is 2.90. The predicted molar refractivity (Wildman–Crippen MR) is 109 cm³/mol. The fraction of sp³-hybridized carbons (Fsp3) is 0.261. The Morgan fingerprint density at radius 1 is 1.17 bits per heavy atom. The first-order valence-corrected chi connectivity index (χ1v) is 9.96. The van der Waals surface area contributed by atoms with E-state index in [9.17, 15) is 14.0 Å². The van der Waals surface area contributed by atoms with Crippen molar-refractivity contribution in [1.82, 2.24) is 15.1 Å². The van der Waals surface area contributed by atoms with Crippen LogP contribution in [-0.2, 0) is 11.3 Å². The van der Waals surface area contributed by atoms with E-state index in [1.54, 1.807) is 60.1 Å². The Labute approximate surface area is 173 Å². The van der Waals surface area contributed by atoms with Crippen LogP contribution in [0.25, 0.3) is 5.69 Å². The molecule has 30 heavy (non-hydrogen) atoms. The van der Waals surface area contributed by atoms with Gasteiger partial charge < -0.3 is 10.1 Å². The monoisotopic (exact) mass is 407 g/mol. The van der Waals surface area contributed by atoms with E-state index >= 15 is 0 Å². The van der Waals surface area contributed by atoms with Crippen molar-refractivity contribution in [2.75, 3.05) is 6.61 Å². The largest absolute Gasteiger partial charge is 0.461 e. The van der Waals surface area contributed by atoms with Gasteiger partial charge in [0.15, 0.2) is 5.69 Å². The number of amides is 1. The summed E-state index contributed by atoms with van der Waals surface area (Å²) in [4.78, 5) is 24.5. The number of nitrogens with one attached hydrogen (secondary N) is 1. The van der Waals surface area contributed by atoms with Crippen molar-refractivity contribution in [3.05, 3.63) is 82.9 Å². The van der Waals surface area contributed by atoms with Crippen LogP contribution in [-0.4, -0.2) is 28.3 Å². The average molecular weight is 407 g/mol. The molecule has 0 aliphatic heterocycles. The minimum absolute atomic E-state index is 0.112. The van der Waals surface area contributed by atoms with E-state index in [4.69, 9.17) is 4.74 Å². The molecule has 3 aromatic rings. The molecule has 1 aliphatic carbocycles. The molecule has 1 aromatic heterocycles. The minimum Gasteiger partial charge on any atom is -0.461 e. The summed E-state index contributed by atoms with van der Waals surface area (Å²) >= 11 is 0. The van der Waals surface area contributed by atoms with Crippen LogP contribution in [0.3, 0.4) is 0 Å². The molecule has 2 aromatic carbocycles. The van der Waals surface area contributed by atoms with Crippen LogP contribution >= 0.6 is 0 Å². The maximum Gasteiger partial charge on any atom is 0.358 e. The third kappa shape index (κ3) is 4.25. The van der Waals surface area contributed by atoms with Gasteiger partial charge in [-0.1, -0.05) is 18.2 Å². The molecule has 0 unspecified atom stereocenters. The summed E-state index contributed by atoms with van der Waals surface area (Å²) in [6.07, 6.45) is 2.12. The first-order chi connectivity index (χ1) is 14.6. The second-order valence-electron chi connectivity index (χ2n) is 7.18. The number of rotatable bonds is 7. The van der Waals surface area contributed by atoms with E-state index in [2.05, 4.69) is 10.4 Å². The van der Waals surface area contributed by atoms with E-state index < -0.39 is 5.97 Å². The van der Waals surface area contributed by atoms with Crippen LogP contribution in [0.5, 0.6) is 0 Å². The fourth-order valence-electron chi connectivity index (χ4n) is 3.25. The molecule has 1 fully saturated rings. The van der Waals surface area contributed by atoms with Gasteiger partial charge in [-0.25, -0.2) is 13.9 Å². The van der Waals surface area contributed by atoms with Crippen LogP contribution < -0.4 is 5.32 Å². The summed E-state index contributed by atoms with van der Waals surface area (Å²) in [6, 6.07) is 15.1. The Morgan fingerprint density at radius 3 is 2.57 bits per heavy atom. The highest BCUT2D eigenvalue weighted by Gasteiger charge is 2.30. The first kappa shape index (κ1) is 19.8. The lowest BCUT2D eigenvalue weighted by Gasteiger charge is -2.09. The van der Waals surface area contributed by atoms with Gasteiger partial charge in [0.1, 0.15) is 5.82 Å². The van der Waals surface area contributed by atoms with Gasteiger partial charge in [-0.3, -0.25) is 4.79 Å². The Balaban J connectivity index is 1.50. The molecule has 1 aliphatic rings. The maximum absolute atomic E-state index is 13.7. The highest BCUT2D eigenvalue weighted by atomic mass is 19.1. The SMILES string of the molecule is CCOC(=O)c1cc(C2CC2)n(-c2ccc(C(=O)NCc3ccccc3F)cc2)n1. The van der Waals surface area contributed by atoms with Crippen LogP contribution in [0.4, 0.5) is 4.39 Å². The van der Waals surface area contributed by atoms with E-state index in [1.165, 1.54) is 6.07 Å². The number of aromatic nitrogens is 2.